The van der Waals surface area contributed by atoms with Crippen molar-refractivity contribution in [2.75, 3.05) is 6.54 Å². The first-order valence-electron chi connectivity index (χ1n) is 9.43. The molecule has 0 saturated carbocycles. The lowest BCUT2D eigenvalue weighted by atomic mass is 10.2. The van der Waals surface area contributed by atoms with Gasteiger partial charge in [0.1, 0.15) is 0 Å². The number of halogens is 2. The number of fused-ring (bicyclic) bond motifs is 1. The Morgan fingerprint density at radius 1 is 1.13 bits per heavy atom. The number of benzene rings is 2. The number of hydrogen-bond acceptors (Lipinski definition) is 4. The Morgan fingerprint density at radius 2 is 1.93 bits per heavy atom. The quantitative estimate of drug-likeness (QED) is 0.270. The minimum Gasteiger partial charge on any atom is -0.493 e. The van der Waals surface area contributed by atoms with Crippen LogP contribution in [0.4, 0.5) is 5.69 Å². The zero-order valence-corrected chi connectivity index (χ0v) is 18.3. The number of rotatable bonds is 8. The SMILES string of the molecule is O=C(CCCCCNC(=O)c1ccccc1Br)N=Nc1c(O)[nH]c2ccc(Cl)cc12. The molecule has 3 rings (SSSR count). The van der Waals surface area contributed by atoms with Gasteiger partial charge < -0.3 is 15.4 Å². The molecule has 3 N–H and O–H groups in total. The first-order valence-corrected chi connectivity index (χ1v) is 10.6. The van der Waals surface area contributed by atoms with Crippen molar-refractivity contribution in [3.8, 4) is 5.88 Å². The second-order valence-corrected chi connectivity index (χ2v) is 7.94. The van der Waals surface area contributed by atoms with Crippen molar-refractivity contribution in [2.24, 2.45) is 10.2 Å². The third-order valence-electron chi connectivity index (χ3n) is 4.45. The van der Waals surface area contributed by atoms with Gasteiger partial charge in [0.2, 0.25) is 5.88 Å². The van der Waals surface area contributed by atoms with E-state index in [1.54, 1.807) is 24.3 Å². The largest absolute Gasteiger partial charge is 0.493 e. The molecule has 0 aliphatic heterocycles. The molecule has 0 aliphatic carbocycles. The highest BCUT2D eigenvalue weighted by Gasteiger charge is 2.12. The van der Waals surface area contributed by atoms with Crippen LogP contribution in [-0.2, 0) is 4.79 Å². The van der Waals surface area contributed by atoms with Crippen molar-refractivity contribution in [1.82, 2.24) is 10.3 Å². The number of aromatic amines is 1. The van der Waals surface area contributed by atoms with Crippen LogP contribution >= 0.6 is 27.5 Å². The molecule has 0 atom stereocenters. The molecule has 1 aromatic heterocycles. The maximum absolute atomic E-state index is 12.1. The zero-order chi connectivity index (χ0) is 21.5. The van der Waals surface area contributed by atoms with Gasteiger partial charge in [-0.25, -0.2) is 0 Å². The van der Waals surface area contributed by atoms with E-state index in [-0.39, 0.29) is 29.8 Å². The summed E-state index contributed by atoms with van der Waals surface area (Å²) in [6.45, 7) is 0.528. The van der Waals surface area contributed by atoms with Gasteiger partial charge in [-0.3, -0.25) is 9.59 Å². The van der Waals surface area contributed by atoms with Crippen LogP contribution in [0.25, 0.3) is 10.9 Å². The normalized spacial score (nSPS) is 11.3. The summed E-state index contributed by atoms with van der Waals surface area (Å²) in [5.74, 6) is -0.668. The number of azo groups is 1. The number of nitrogens with one attached hydrogen (secondary N) is 2. The number of aromatic hydroxyl groups is 1. The van der Waals surface area contributed by atoms with Gasteiger partial charge in [-0.15, -0.1) is 10.2 Å². The van der Waals surface area contributed by atoms with Crippen LogP contribution < -0.4 is 5.32 Å². The van der Waals surface area contributed by atoms with E-state index in [9.17, 15) is 14.7 Å². The minimum absolute atomic E-state index is 0.133. The number of amides is 2. The van der Waals surface area contributed by atoms with Gasteiger partial charge in [0.25, 0.3) is 11.8 Å². The minimum atomic E-state index is -0.372. The Bertz CT molecular complexity index is 1100. The van der Waals surface area contributed by atoms with E-state index < -0.39 is 0 Å². The lowest BCUT2D eigenvalue weighted by molar-refractivity contribution is -0.118. The van der Waals surface area contributed by atoms with Crippen molar-refractivity contribution in [3.63, 3.8) is 0 Å². The molecule has 2 amide bonds. The van der Waals surface area contributed by atoms with Crippen molar-refractivity contribution >= 4 is 55.9 Å². The van der Waals surface area contributed by atoms with Gasteiger partial charge in [0.15, 0.2) is 5.69 Å². The number of carbonyl (C=O) groups is 2. The number of carbonyl (C=O) groups excluding carboxylic acids is 2. The van der Waals surface area contributed by atoms with E-state index in [1.165, 1.54) is 0 Å². The first kappa shape index (κ1) is 22.0. The Labute approximate surface area is 186 Å². The number of hydrogen-bond donors (Lipinski definition) is 3. The molecule has 9 heteroatoms. The Morgan fingerprint density at radius 3 is 2.73 bits per heavy atom. The summed E-state index contributed by atoms with van der Waals surface area (Å²) >= 11 is 9.33. The fourth-order valence-electron chi connectivity index (χ4n) is 2.91. The van der Waals surface area contributed by atoms with Crippen LogP contribution in [0.3, 0.4) is 0 Å². The summed E-state index contributed by atoms with van der Waals surface area (Å²) in [7, 11) is 0. The molecular formula is C21H20BrClN4O3. The highest BCUT2D eigenvalue weighted by molar-refractivity contribution is 9.10. The van der Waals surface area contributed by atoms with Gasteiger partial charge in [0.05, 0.1) is 11.1 Å². The monoisotopic (exact) mass is 490 g/mol. The molecule has 2 aromatic carbocycles. The average molecular weight is 492 g/mol. The van der Waals surface area contributed by atoms with E-state index in [2.05, 4.69) is 36.5 Å². The molecule has 0 aliphatic rings. The van der Waals surface area contributed by atoms with Crippen molar-refractivity contribution in [2.45, 2.75) is 25.7 Å². The van der Waals surface area contributed by atoms with Gasteiger partial charge in [-0.1, -0.05) is 30.2 Å². The van der Waals surface area contributed by atoms with Crippen LogP contribution in [-0.4, -0.2) is 28.4 Å². The summed E-state index contributed by atoms with van der Waals surface area (Å²) in [5, 5.41) is 21.5. The summed E-state index contributed by atoms with van der Waals surface area (Å²) in [6.07, 6.45) is 2.40. The summed E-state index contributed by atoms with van der Waals surface area (Å²) in [5.41, 5.74) is 1.44. The van der Waals surface area contributed by atoms with E-state index >= 15 is 0 Å². The number of nitrogens with zero attached hydrogens (tertiary/aromatic N) is 2. The Balaban J connectivity index is 1.40. The molecule has 0 spiro atoms. The molecule has 0 unspecified atom stereocenters. The molecule has 0 fully saturated rings. The molecule has 0 bridgehead atoms. The molecular weight excluding hydrogens is 472 g/mol. The lowest BCUT2D eigenvalue weighted by Gasteiger charge is -2.06. The number of unbranched alkanes of at least 4 members (excludes halogenated alkanes) is 2. The molecule has 0 radical (unpaired) electrons. The second kappa shape index (κ2) is 10.4. The van der Waals surface area contributed by atoms with Crippen molar-refractivity contribution in [3.05, 3.63) is 57.5 Å². The van der Waals surface area contributed by atoms with Crippen LogP contribution in [0.2, 0.25) is 5.02 Å². The predicted octanol–water partition coefficient (Wildman–Crippen LogP) is 5.89. The molecule has 156 valence electrons. The topological polar surface area (TPSA) is 107 Å². The molecule has 30 heavy (non-hydrogen) atoms. The second-order valence-electron chi connectivity index (χ2n) is 6.65. The van der Waals surface area contributed by atoms with Gasteiger partial charge in [-0.2, -0.15) is 0 Å². The third kappa shape index (κ3) is 5.67. The summed E-state index contributed by atoms with van der Waals surface area (Å²) in [4.78, 5) is 26.8. The summed E-state index contributed by atoms with van der Waals surface area (Å²) in [6, 6.07) is 12.3. The third-order valence-corrected chi connectivity index (χ3v) is 5.37. The Hall–Kier alpha value is -2.71. The highest BCUT2D eigenvalue weighted by Crippen LogP contribution is 2.36. The first-order chi connectivity index (χ1) is 14.5. The molecule has 7 nitrogen and oxygen atoms in total. The van der Waals surface area contributed by atoms with Crippen LogP contribution in [0.5, 0.6) is 5.88 Å². The smallest absolute Gasteiger partial charge is 0.264 e. The number of aromatic nitrogens is 1. The highest BCUT2D eigenvalue weighted by atomic mass is 79.9. The van der Waals surface area contributed by atoms with Crippen molar-refractivity contribution < 1.29 is 14.7 Å². The maximum Gasteiger partial charge on any atom is 0.264 e. The van der Waals surface area contributed by atoms with Crippen LogP contribution in [0.1, 0.15) is 36.0 Å². The fraction of sp³-hybridized carbons (Fsp3) is 0.238. The fourth-order valence-corrected chi connectivity index (χ4v) is 3.55. The van der Waals surface area contributed by atoms with E-state index in [4.69, 9.17) is 11.6 Å². The van der Waals surface area contributed by atoms with Crippen LogP contribution in [0, 0.1) is 0 Å². The molecule has 1 heterocycles. The van der Waals surface area contributed by atoms with Gasteiger partial charge in [0, 0.05) is 27.8 Å². The zero-order valence-electron chi connectivity index (χ0n) is 16.0. The van der Waals surface area contributed by atoms with Gasteiger partial charge >= 0.3 is 0 Å². The van der Waals surface area contributed by atoms with E-state index in [0.29, 0.717) is 34.5 Å². The lowest BCUT2D eigenvalue weighted by Crippen LogP contribution is -2.24. The predicted molar refractivity (Wildman–Crippen MR) is 119 cm³/mol. The summed E-state index contributed by atoms with van der Waals surface area (Å²) < 4.78 is 0.752. The van der Waals surface area contributed by atoms with Crippen molar-refractivity contribution in [1.29, 1.82) is 0 Å². The molecule has 3 aromatic rings. The number of H-pyrrole nitrogens is 1. The average Bonchev–Trinajstić information content (AvgIpc) is 3.03. The molecule has 0 saturated heterocycles. The van der Waals surface area contributed by atoms with E-state index in [1.807, 2.05) is 18.2 Å². The standard InChI is InChI=1S/C21H20BrClN4O3/c22-16-7-4-3-6-14(16)20(29)24-11-5-1-2-8-18(28)26-27-19-15-12-13(23)9-10-17(15)25-21(19)30/h3-4,6-7,9-10,12,25,30H,1-2,5,8,11H2,(H,24,29). The van der Waals surface area contributed by atoms with Crippen LogP contribution in [0.15, 0.2) is 57.2 Å². The Kier molecular flexibility index (Phi) is 7.59. The maximum atomic E-state index is 12.1. The van der Waals surface area contributed by atoms with Gasteiger partial charge in [-0.05, 0) is 59.1 Å². The van der Waals surface area contributed by atoms with E-state index in [0.717, 1.165) is 17.3 Å².